The predicted molar refractivity (Wildman–Crippen MR) is 75.2 cm³/mol. The Bertz CT molecular complexity index is 594. The van der Waals surface area contributed by atoms with Crippen molar-refractivity contribution in [3.8, 4) is 0 Å². The van der Waals surface area contributed by atoms with Gasteiger partial charge in [0.05, 0.1) is 5.56 Å². The summed E-state index contributed by atoms with van der Waals surface area (Å²) in [6.07, 6.45) is -4.32. The summed E-state index contributed by atoms with van der Waals surface area (Å²) in [6, 6.07) is 9.87. The van der Waals surface area contributed by atoms with Crippen LogP contribution in [0, 0.1) is 0 Å². The van der Waals surface area contributed by atoms with Crippen molar-refractivity contribution in [3.63, 3.8) is 0 Å². The summed E-state index contributed by atoms with van der Waals surface area (Å²) in [4.78, 5) is 0. The van der Waals surface area contributed by atoms with Crippen LogP contribution in [0.5, 0.6) is 0 Å². The average Bonchev–Trinajstić information content (AvgIpc) is 2.39. The Hall–Kier alpha value is -1.39. The van der Waals surface area contributed by atoms with Crippen LogP contribution in [-0.2, 0) is 12.7 Å². The van der Waals surface area contributed by atoms with Crippen molar-refractivity contribution in [3.05, 3.63) is 63.6 Å². The third kappa shape index (κ3) is 3.81. The Labute approximate surface area is 124 Å². The van der Waals surface area contributed by atoms with Crippen molar-refractivity contribution in [2.75, 3.05) is 5.32 Å². The Morgan fingerprint density at radius 2 is 1.60 bits per heavy atom. The zero-order valence-electron chi connectivity index (χ0n) is 10.1. The van der Waals surface area contributed by atoms with Gasteiger partial charge in [-0.2, -0.15) is 13.2 Å². The van der Waals surface area contributed by atoms with Crippen LogP contribution >= 0.6 is 23.2 Å². The number of alkyl halides is 3. The summed E-state index contributed by atoms with van der Waals surface area (Å²) < 4.78 is 37.2. The fraction of sp³-hybridized carbons (Fsp3) is 0.143. The van der Waals surface area contributed by atoms with Crippen molar-refractivity contribution >= 4 is 28.9 Å². The second-order valence-corrected chi connectivity index (χ2v) is 5.01. The lowest BCUT2D eigenvalue weighted by Crippen LogP contribution is -2.05. The number of nitrogens with one attached hydrogen (secondary N) is 1. The van der Waals surface area contributed by atoms with E-state index in [-0.39, 0.29) is 0 Å². The van der Waals surface area contributed by atoms with E-state index >= 15 is 0 Å². The predicted octanol–water partition coefficient (Wildman–Crippen LogP) is 5.62. The second-order valence-electron chi connectivity index (χ2n) is 4.16. The van der Waals surface area contributed by atoms with Gasteiger partial charge in [0.15, 0.2) is 0 Å². The van der Waals surface area contributed by atoms with E-state index in [0.717, 1.165) is 17.7 Å². The van der Waals surface area contributed by atoms with Crippen molar-refractivity contribution in [2.45, 2.75) is 12.7 Å². The lowest BCUT2D eigenvalue weighted by Gasteiger charge is -2.10. The number of hydrogen-bond acceptors (Lipinski definition) is 1. The van der Waals surface area contributed by atoms with E-state index in [9.17, 15) is 13.2 Å². The number of benzene rings is 2. The minimum atomic E-state index is -4.32. The summed E-state index contributed by atoms with van der Waals surface area (Å²) in [5, 5.41) is 4.10. The molecule has 2 aromatic rings. The van der Waals surface area contributed by atoms with Crippen molar-refractivity contribution in [2.24, 2.45) is 0 Å². The molecule has 0 fully saturated rings. The topological polar surface area (TPSA) is 12.0 Å². The molecule has 106 valence electrons. The molecule has 0 saturated heterocycles. The lowest BCUT2D eigenvalue weighted by molar-refractivity contribution is -0.137. The standard InChI is InChI=1S/C14H10Cl2F3N/c15-11-3-6-13(16)9(7-11)8-20-12-4-1-10(2-5-12)14(17,18)19/h1-7,20H,8H2. The highest BCUT2D eigenvalue weighted by atomic mass is 35.5. The van der Waals surface area contributed by atoms with Gasteiger partial charge in [-0.25, -0.2) is 0 Å². The van der Waals surface area contributed by atoms with E-state index in [1.807, 2.05) is 0 Å². The second kappa shape index (κ2) is 5.94. The summed E-state index contributed by atoms with van der Waals surface area (Å²) in [5.74, 6) is 0. The summed E-state index contributed by atoms with van der Waals surface area (Å²) in [6.45, 7) is 0.380. The largest absolute Gasteiger partial charge is 0.416 e. The Balaban J connectivity index is 2.06. The van der Waals surface area contributed by atoms with Crippen LogP contribution in [0.3, 0.4) is 0 Å². The van der Waals surface area contributed by atoms with Crippen LogP contribution < -0.4 is 5.32 Å². The fourth-order valence-electron chi connectivity index (χ4n) is 1.65. The van der Waals surface area contributed by atoms with Crippen LogP contribution in [0.15, 0.2) is 42.5 Å². The first-order chi connectivity index (χ1) is 9.36. The SMILES string of the molecule is FC(F)(F)c1ccc(NCc2cc(Cl)ccc2Cl)cc1. The van der Waals surface area contributed by atoms with Crippen molar-refractivity contribution in [1.82, 2.24) is 0 Å². The number of anilines is 1. The van der Waals surface area contributed by atoms with Crippen LogP contribution in [0.2, 0.25) is 10.0 Å². The monoisotopic (exact) mass is 319 g/mol. The summed E-state index contributed by atoms with van der Waals surface area (Å²) in [5.41, 5.74) is 0.678. The molecule has 0 radical (unpaired) electrons. The molecule has 0 heterocycles. The Morgan fingerprint density at radius 1 is 0.950 bits per heavy atom. The highest BCUT2D eigenvalue weighted by Gasteiger charge is 2.29. The van der Waals surface area contributed by atoms with Gasteiger partial charge in [-0.15, -0.1) is 0 Å². The molecule has 20 heavy (non-hydrogen) atoms. The maximum Gasteiger partial charge on any atom is 0.416 e. The normalized spacial score (nSPS) is 11.4. The maximum absolute atomic E-state index is 12.4. The lowest BCUT2D eigenvalue weighted by atomic mass is 10.2. The average molecular weight is 320 g/mol. The summed E-state index contributed by atoms with van der Waals surface area (Å²) in [7, 11) is 0. The van der Waals surface area contributed by atoms with Gasteiger partial charge in [0, 0.05) is 22.3 Å². The number of rotatable bonds is 3. The van der Waals surface area contributed by atoms with Gasteiger partial charge in [-0.3, -0.25) is 0 Å². The molecule has 0 spiro atoms. The van der Waals surface area contributed by atoms with Crippen LogP contribution in [0.1, 0.15) is 11.1 Å². The molecule has 1 N–H and O–H groups in total. The molecule has 2 rings (SSSR count). The quantitative estimate of drug-likeness (QED) is 0.773. The molecule has 0 unspecified atom stereocenters. The van der Waals surface area contributed by atoms with Gasteiger partial charge in [0.25, 0.3) is 0 Å². The van der Waals surface area contributed by atoms with Gasteiger partial charge in [-0.05, 0) is 48.0 Å². The highest BCUT2D eigenvalue weighted by molar-refractivity contribution is 6.33. The number of halogens is 5. The van der Waals surface area contributed by atoms with E-state index in [1.165, 1.54) is 12.1 Å². The van der Waals surface area contributed by atoms with Gasteiger partial charge in [0.1, 0.15) is 0 Å². The molecule has 6 heteroatoms. The van der Waals surface area contributed by atoms with E-state index < -0.39 is 11.7 Å². The third-order valence-corrected chi connectivity index (χ3v) is 3.31. The first kappa shape index (κ1) is 15.0. The van der Waals surface area contributed by atoms with Gasteiger partial charge in [0.2, 0.25) is 0 Å². The van der Waals surface area contributed by atoms with E-state index in [4.69, 9.17) is 23.2 Å². The van der Waals surface area contributed by atoms with E-state index in [2.05, 4.69) is 5.32 Å². The molecule has 0 atom stereocenters. The molecule has 0 aliphatic heterocycles. The van der Waals surface area contributed by atoms with Gasteiger partial charge >= 0.3 is 6.18 Å². The zero-order valence-corrected chi connectivity index (χ0v) is 11.7. The molecule has 0 aliphatic rings. The first-order valence-corrected chi connectivity index (χ1v) is 6.47. The maximum atomic E-state index is 12.4. The van der Waals surface area contributed by atoms with E-state index in [1.54, 1.807) is 18.2 Å². The van der Waals surface area contributed by atoms with Gasteiger partial charge < -0.3 is 5.32 Å². The van der Waals surface area contributed by atoms with E-state index in [0.29, 0.717) is 22.3 Å². The van der Waals surface area contributed by atoms with Crippen LogP contribution in [0.4, 0.5) is 18.9 Å². The van der Waals surface area contributed by atoms with Crippen molar-refractivity contribution in [1.29, 1.82) is 0 Å². The molecular formula is C14H10Cl2F3N. The Kier molecular flexibility index (Phi) is 4.45. The minimum Gasteiger partial charge on any atom is -0.381 e. The molecule has 0 aliphatic carbocycles. The van der Waals surface area contributed by atoms with Crippen LogP contribution in [-0.4, -0.2) is 0 Å². The first-order valence-electron chi connectivity index (χ1n) is 5.71. The molecular weight excluding hydrogens is 310 g/mol. The minimum absolute atomic E-state index is 0.380. The smallest absolute Gasteiger partial charge is 0.381 e. The fourth-order valence-corrected chi connectivity index (χ4v) is 2.03. The zero-order chi connectivity index (χ0) is 14.8. The molecule has 0 amide bonds. The molecule has 1 nitrogen and oxygen atoms in total. The molecule has 0 saturated carbocycles. The highest BCUT2D eigenvalue weighted by Crippen LogP contribution is 2.30. The van der Waals surface area contributed by atoms with Crippen LogP contribution in [0.25, 0.3) is 0 Å². The van der Waals surface area contributed by atoms with Crippen molar-refractivity contribution < 1.29 is 13.2 Å². The molecule has 2 aromatic carbocycles. The third-order valence-electron chi connectivity index (χ3n) is 2.70. The number of hydrogen-bond donors (Lipinski definition) is 1. The molecule has 0 bridgehead atoms. The molecule has 0 aromatic heterocycles. The van der Waals surface area contributed by atoms with Gasteiger partial charge in [-0.1, -0.05) is 23.2 Å². The summed E-state index contributed by atoms with van der Waals surface area (Å²) >= 11 is 11.9. The Morgan fingerprint density at radius 3 is 2.20 bits per heavy atom.